The molecule has 0 radical (unpaired) electrons. The first-order valence-electron chi connectivity index (χ1n) is 5.99. The molecule has 6 heteroatoms. The minimum absolute atomic E-state index is 0.159. The molecule has 0 atom stereocenters. The van der Waals surface area contributed by atoms with E-state index < -0.39 is 11.6 Å². The molecule has 3 aromatic rings. The van der Waals surface area contributed by atoms with Crippen LogP contribution in [0.25, 0.3) is 11.0 Å². The summed E-state index contributed by atoms with van der Waals surface area (Å²) < 4.78 is 26.3. The highest BCUT2D eigenvalue weighted by molar-refractivity contribution is 5.74. The first-order chi connectivity index (χ1) is 9.72. The third-order valence-corrected chi connectivity index (χ3v) is 2.81. The van der Waals surface area contributed by atoms with Crippen LogP contribution in [0.4, 0.5) is 14.7 Å². The Kier molecular flexibility index (Phi) is 3.20. The standard InChI is InChI=1S/C14H10F2N4/c15-10-6-5-9(11(16)7-10)8-17-14-18-12-3-1-2-4-13(12)19-20-14/h1-7H,8H2,(H,17,18,20). The molecule has 0 unspecified atom stereocenters. The number of nitrogens with one attached hydrogen (secondary N) is 1. The number of rotatable bonds is 3. The number of aromatic nitrogens is 3. The second kappa shape index (κ2) is 5.16. The van der Waals surface area contributed by atoms with E-state index >= 15 is 0 Å². The van der Waals surface area contributed by atoms with Gasteiger partial charge in [0, 0.05) is 18.2 Å². The van der Waals surface area contributed by atoms with Crippen LogP contribution in [-0.2, 0) is 6.54 Å². The number of benzene rings is 2. The van der Waals surface area contributed by atoms with E-state index in [-0.39, 0.29) is 6.54 Å². The lowest BCUT2D eigenvalue weighted by molar-refractivity contribution is 0.574. The topological polar surface area (TPSA) is 50.7 Å². The molecule has 100 valence electrons. The predicted octanol–water partition coefficient (Wildman–Crippen LogP) is 2.92. The number of para-hydroxylation sites is 1. The van der Waals surface area contributed by atoms with Crippen LogP contribution in [0.5, 0.6) is 0 Å². The van der Waals surface area contributed by atoms with Crippen LogP contribution in [0.1, 0.15) is 5.56 Å². The first-order valence-corrected chi connectivity index (χ1v) is 5.99. The van der Waals surface area contributed by atoms with Crippen LogP contribution in [0.15, 0.2) is 42.5 Å². The van der Waals surface area contributed by atoms with Crippen molar-refractivity contribution in [3.63, 3.8) is 0 Å². The molecule has 0 aliphatic carbocycles. The van der Waals surface area contributed by atoms with Gasteiger partial charge < -0.3 is 5.32 Å². The number of hydrogen-bond donors (Lipinski definition) is 1. The highest BCUT2D eigenvalue weighted by atomic mass is 19.1. The molecule has 0 aliphatic heterocycles. The molecule has 0 fully saturated rings. The average molecular weight is 272 g/mol. The first kappa shape index (κ1) is 12.4. The SMILES string of the molecule is Fc1ccc(CNc2nnc3ccccc3n2)c(F)c1. The Labute approximate surface area is 113 Å². The van der Waals surface area contributed by atoms with E-state index in [1.165, 1.54) is 12.1 Å². The van der Waals surface area contributed by atoms with E-state index in [2.05, 4.69) is 20.5 Å². The number of hydrogen-bond acceptors (Lipinski definition) is 4. The molecular formula is C14H10F2N4. The van der Waals surface area contributed by atoms with Gasteiger partial charge in [-0.2, -0.15) is 0 Å². The van der Waals surface area contributed by atoms with Gasteiger partial charge in [0.25, 0.3) is 0 Å². The maximum Gasteiger partial charge on any atom is 0.243 e. The molecule has 3 rings (SSSR count). The van der Waals surface area contributed by atoms with Crippen molar-refractivity contribution in [3.8, 4) is 0 Å². The molecule has 1 heterocycles. The normalized spacial score (nSPS) is 10.7. The molecule has 1 aromatic heterocycles. The lowest BCUT2D eigenvalue weighted by Crippen LogP contribution is -2.06. The van der Waals surface area contributed by atoms with Crippen molar-refractivity contribution in [2.75, 3.05) is 5.32 Å². The lowest BCUT2D eigenvalue weighted by Gasteiger charge is -2.06. The Morgan fingerprint density at radius 2 is 1.75 bits per heavy atom. The van der Waals surface area contributed by atoms with Gasteiger partial charge in [-0.05, 0) is 18.2 Å². The smallest absolute Gasteiger partial charge is 0.243 e. The number of halogens is 2. The predicted molar refractivity (Wildman–Crippen MR) is 71.0 cm³/mol. The van der Waals surface area contributed by atoms with Gasteiger partial charge in [-0.15, -0.1) is 10.2 Å². The van der Waals surface area contributed by atoms with Gasteiger partial charge in [-0.25, -0.2) is 13.8 Å². The summed E-state index contributed by atoms with van der Waals surface area (Å²) >= 11 is 0. The van der Waals surface area contributed by atoms with Crippen molar-refractivity contribution in [2.45, 2.75) is 6.54 Å². The number of nitrogens with zero attached hydrogens (tertiary/aromatic N) is 3. The number of fused-ring (bicyclic) bond motifs is 1. The fourth-order valence-corrected chi connectivity index (χ4v) is 1.80. The maximum absolute atomic E-state index is 13.5. The Morgan fingerprint density at radius 1 is 0.950 bits per heavy atom. The van der Waals surface area contributed by atoms with Crippen molar-refractivity contribution in [1.82, 2.24) is 15.2 Å². The molecule has 0 aliphatic rings. The Bertz CT molecular complexity index is 761. The van der Waals surface area contributed by atoms with Crippen LogP contribution in [0, 0.1) is 11.6 Å². The third-order valence-electron chi connectivity index (χ3n) is 2.81. The van der Waals surface area contributed by atoms with Crippen LogP contribution in [0.2, 0.25) is 0 Å². The van der Waals surface area contributed by atoms with Crippen molar-refractivity contribution in [2.24, 2.45) is 0 Å². The summed E-state index contributed by atoms with van der Waals surface area (Å²) in [6, 6.07) is 10.7. The summed E-state index contributed by atoms with van der Waals surface area (Å²) in [4.78, 5) is 4.26. The van der Waals surface area contributed by atoms with Crippen molar-refractivity contribution in [3.05, 3.63) is 59.7 Å². The summed E-state index contributed by atoms with van der Waals surface area (Å²) in [7, 11) is 0. The van der Waals surface area contributed by atoms with Crippen LogP contribution < -0.4 is 5.32 Å². The van der Waals surface area contributed by atoms with Crippen molar-refractivity contribution >= 4 is 17.0 Å². The highest BCUT2D eigenvalue weighted by Gasteiger charge is 2.05. The average Bonchev–Trinajstić information content (AvgIpc) is 2.46. The van der Waals surface area contributed by atoms with Crippen molar-refractivity contribution < 1.29 is 8.78 Å². The summed E-state index contributed by atoms with van der Waals surface area (Å²) in [5.74, 6) is -0.909. The van der Waals surface area contributed by atoms with E-state index in [1.54, 1.807) is 6.07 Å². The lowest BCUT2D eigenvalue weighted by atomic mass is 10.2. The molecule has 0 bridgehead atoms. The second-order valence-electron chi connectivity index (χ2n) is 4.21. The van der Waals surface area contributed by atoms with Gasteiger partial charge in [0.15, 0.2) is 0 Å². The fourth-order valence-electron chi connectivity index (χ4n) is 1.80. The van der Waals surface area contributed by atoms with E-state index in [0.29, 0.717) is 22.5 Å². The molecule has 0 amide bonds. The zero-order valence-electron chi connectivity index (χ0n) is 10.3. The molecular weight excluding hydrogens is 262 g/mol. The molecule has 2 aromatic carbocycles. The molecule has 4 nitrogen and oxygen atoms in total. The zero-order valence-corrected chi connectivity index (χ0v) is 10.3. The van der Waals surface area contributed by atoms with Gasteiger partial charge in [-0.3, -0.25) is 0 Å². The van der Waals surface area contributed by atoms with Crippen LogP contribution in [-0.4, -0.2) is 15.2 Å². The highest BCUT2D eigenvalue weighted by Crippen LogP contribution is 2.12. The molecule has 20 heavy (non-hydrogen) atoms. The van der Waals surface area contributed by atoms with Gasteiger partial charge in [0.2, 0.25) is 5.95 Å². The monoisotopic (exact) mass is 272 g/mol. The van der Waals surface area contributed by atoms with Crippen molar-refractivity contribution in [1.29, 1.82) is 0 Å². The maximum atomic E-state index is 13.5. The van der Waals surface area contributed by atoms with E-state index in [1.807, 2.05) is 18.2 Å². The second-order valence-corrected chi connectivity index (χ2v) is 4.21. The minimum atomic E-state index is -0.605. The molecule has 0 saturated heterocycles. The van der Waals surface area contributed by atoms with Gasteiger partial charge >= 0.3 is 0 Å². The Balaban J connectivity index is 1.79. The van der Waals surface area contributed by atoms with E-state index in [9.17, 15) is 8.78 Å². The van der Waals surface area contributed by atoms with Gasteiger partial charge in [-0.1, -0.05) is 18.2 Å². The quantitative estimate of drug-likeness (QED) is 0.796. The van der Waals surface area contributed by atoms with Gasteiger partial charge in [0.05, 0.1) is 5.52 Å². The fraction of sp³-hybridized carbons (Fsp3) is 0.0714. The Morgan fingerprint density at radius 3 is 2.55 bits per heavy atom. The molecule has 0 spiro atoms. The largest absolute Gasteiger partial charge is 0.349 e. The van der Waals surface area contributed by atoms with E-state index in [0.717, 1.165) is 6.07 Å². The zero-order chi connectivity index (χ0) is 13.9. The Hall–Kier alpha value is -2.63. The van der Waals surface area contributed by atoms with Crippen LogP contribution >= 0.6 is 0 Å². The summed E-state index contributed by atoms with van der Waals surface area (Å²) in [6.45, 7) is 0.159. The van der Waals surface area contributed by atoms with Crippen LogP contribution in [0.3, 0.4) is 0 Å². The number of anilines is 1. The van der Waals surface area contributed by atoms with Gasteiger partial charge in [0.1, 0.15) is 17.2 Å². The van der Waals surface area contributed by atoms with E-state index in [4.69, 9.17) is 0 Å². The summed E-state index contributed by atoms with van der Waals surface area (Å²) in [5.41, 5.74) is 1.72. The summed E-state index contributed by atoms with van der Waals surface area (Å²) in [6.07, 6.45) is 0. The molecule has 1 N–H and O–H groups in total. The molecule has 0 saturated carbocycles. The minimum Gasteiger partial charge on any atom is -0.349 e. The summed E-state index contributed by atoms with van der Waals surface area (Å²) in [5, 5.41) is 10.8. The third kappa shape index (κ3) is 2.54.